The fraction of sp³-hybridized carbons (Fsp3) is 0.588. The van der Waals surface area contributed by atoms with Crippen molar-refractivity contribution in [1.29, 1.82) is 0 Å². The van der Waals surface area contributed by atoms with Gasteiger partial charge in [0, 0.05) is 42.4 Å². The molecule has 2 aromatic heterocycles. The number of amides is 1. The highest BCUT2D eigenvalue weighted by Gasteiger charge is 2.47. The monoisotopic (exact) mass is 347 g/mol. The number of carbonyl (C=O) groups excluding carboxylic acids is 1. The Morgan fingerprint density at radius 3 is 3.04 bits per heavy atom. The van der Waals surface area contributed by atoms with Gasteiger partial charge in [-0.3, -0.25) is 4.79 Å². The first kappa shape index (κ1) is 15.8. The molecule has 2 aliphatic carbocycles. The average Bonchev–Trinajstić information content (AvgIpc) is 3.36. The molecule has 0 aromatic carbocycles. The van der Waals surface area contributed by atoms with Gasteiger partial charge in [-0.2, -0.15) is 11.3 Å². The molecule has 1 amide bonds. The summed E-state index contributed by atoms with van der Waals surface area (Å²) >= 11 is 1.58. The van der Waals surface area contributed by atoms with E-state index in [0.29, 0.717) is 36.5 Å². The summed E-state index contributed by atoms with van der Waals surface area (Å²) in [7, 11) is 0. The van der Waals surface area contributed by atoms with Crippen molar-refractivity contribution in [3.8, 4) is 11.5 Å². The maximum absolute atomic E-state index is 12.3. The number of nitrogens with one attached hydrogen (secondary N) is 1. The smallest absolute Gasteiger partial charge is 0.248 e. The molecule has 2 aromatic rings. The highest BCUT2D eigenvalue weighted by molar-refractivity contribution is 7.08. The summed E-state index contributed by atoms with van der Waals surface area (Å²) in [6.45, 7) is 0.166. The molecule has 0 aliphatic heterocycles. The normalized spacial score (nSPS) is 28.4. The van der Waals surface area contributed by atoms with Crippen LogP contribution in [0, 0.1) is 17.8 Å². The second-order valence-corrected chi connectivity index (χ2v) is 7.57. The van der Waals surface area contributed by atoms with Gasteiger partial charge in [-0.05, 0) is 42.5 Å². The first-order valence-electron chi connectivity index (χ1n) is 8.49. The van der Waals surface area contributed by atoms with Crippen LogP contribution in [0.25, 0.3) is 11.5 Å². The fourth-order valence-electron chi connectivity index (χ4n) is 4.23. The Hall–Kier alpha value is -1.73. The molecule has 0 saturated heterocycles. The summed E-state index contributed by atoms with van der Waals surface area (Å²) in [5, 5.41) is 24.7. The minimum absolute atomic E-state index is 0.00119. The molecular formula is C17H21N3O3S. The van der Waals surface area contributed by atoms with Crippen molar-refractivity contribution in [2.75, 3.05) is 6.61 Å². The molecule has 2 bridgehead atoms. The standard InChI is InChI=1S/C17H21N3O3S/c21-8-13-10-1-2-11(7-10)16(13)18-14(22)3-4-15-19-20-17(23-15)12-5-6-24-9-12/h5-6,9-11,13,16,21H,1-4,7-8H2,(H,18,22). The van der Waals surface area contributed by atoms with Gasteiger partial charge in [-0.1, -0.05) is 0 Å². The van der Waals surface area contributed by atoms with E-state index in [9.17, 15) is 9.90 Å². The number of rotatable bonds is 6. The predicted molar refractivity (Wildman–Crippen MR) is 89.3 cm³/mol. The van der Waals surface area contributed by atoms with E-state index < -0.39 is 0 Å². The molecule has 2 fully saturated rings. The summed E-state index contributed by atoms with van der Waals surface area (Å²) in [6, 6.07) is 2.06. The van der Waals surface area contributed by atoms with Crippen LogP contribution < -0.4 is 5.32 Å². The van der Waals surface area contributed by atoms with Gasteiger partial charge < -0.3 is 14.8 Å². The zero-order valence-electron chi connectivity index (χ0n) is 13.4. The van der Waals surface area contributed by atoms with E-state index in [1.54, 1.807) is 11.3 Å². The Morgan fingerprint density at radius 1 is 1.38 bits per heavy atom. The Kier molecular flexibility index (Phi) is 4.37. The van der Waals surface area contributed by atoms with E-state index in [1.165, 1.54) is 12.8 Å². The largest absolute Gasteiger partial charge is 0.421 e. The highest BCUT2D eigenvalue weighted by atomic mass is 32.1. The van der Waals surface area contributed by atoms with Crippen LogP contribution in [-0.4, -0.2) is 33.9 Å². The van der Waals surface area contributed by atoms with E-state index in [0.717, 1.165) is 12.0 Å². The Balaban J connectivity index is 1.31. The number of aliphatic hydroxyl groups excluding tert-OH is 1. The molecule has 6 nitrogen and oxygen atoms in total. The molecule has 2 N–H and O–H groups in total. The number of aryl methyl sites for hydroxylation is 1. The first-order chi connectivity index (χ1) is 11.7. The zero-order chi connectivity index (χ0) is 16.5. The lowest BCUT2D eigenvalue weighted by atomic mass is 9.85. The van der Waals surface area contributed by atoms with Gasteiger partial charge in [-0.25, -0.2) is 0 Å². The second-order valence-electron chi connectivity index (χ2n) is 6.79. The van der Waals surface area contributed by atoms with Crippen molar-refractivity contribution >= 4 is 17.2 Å². The molecule has 4 unspecified atom stereocenters. The van der Waals surface area contributed by atoms with E-state index in [-0.39, 0.29) is 24.5 Å². The molecule has 4 atom stereocenters. The van der Waals surface area contributed by atoms with Crippen LogP contribution in [0.1, 0.15) is 31.6 Å². The highest BCUT2D eigenvalue weighted by Crippen LogP contribution is 2.48. The van der Waals surface area contributed by atoms with Crippen molar-refractivity contribution in [2.45, 2.75) is 38.1 Å². The summed E-state index contributed by atoms with van der Waals surface area (Å²) < 4.78 is 5.60. The average molecular weight is 347 g/mol. The quantitative estimate of drug-likeness (QED) is 0.837. The van der Waals surface area contributed by atoms with E-state index in [1.807, 2.05) is 16.8 Å². The van der Waals surface area contributed by atoms with Crippen LogP contribution in [0.4, 0.5) is 0 Å². The molecule has 2 aliphatic rings. The number of hydrogen-bond donors (Lipinski definition) is 2. The number of hydrogen-bond acceptors (Lipinski definition) is 6. The van der Waals surface area contributed by atoms with E-state index in [2.05, 4.69) is 15.5 Å². The van der Waals surface area contributed by atoms with Crippen LogP contribution >= 0.6 is 11.3 Å². The molecular weight excluding hydrogens is 326 g/mol. The van der Waals surface area contributed by atoms with Crippen LogP contribution in [0.15, 0.2) is 21.2 Å². The van der Waals surface area contributed by atoms with Crippen LogP contribution in [-0.2, 0) is 11.2 Å². The van der Waals surface area contributed by atoms with Crippen molar-refractivity contribution in [3.05, 3.63) is 22.7 Å². The third-order valence-electron chi connectivity index (χ3n) is 5.43. The molecule has 0 radical (unpaired) electrons. The first-order valence-corrected chi connectivity index (χ1v) is 9.44. The van der Waals surface area contributed by atoms with Gasteiger partial charge in [0.25, 0.3) is 0 Å². The topological polar surface area (TPSA) is 88.2 Å². The molecule has 128 valence electrons. The predicted octanol–water partition coefficient (Wildman–Crippen LogP) is 2.25. The molecule has 0 spiro atoms. The van der Waals surface area contributed by atoms with Gasteiger partial charge in [0.1, 0.15) is 0 Å². The van der Waals surface area contributed by atoms with Crippen LogP contribution in [0.5, 0.6) is 0 Å². The lowest BCUT2D eigenvalue weighted by molar-refractivity contribution is -0.122. The Bertz CT molecular complexity index is 700. The molecule has 7 heteroatoms. The number of thiophene rings is 1. The zero-order valence-corrected chi connectivity index (χ0v) is 14.2. The van der Waals surface area contributed by atoms with Crippen LogP contribution in [0.3, 0.4) is 0 Å². The molecule has 2 saturated carbocycles. The lowest BCUT2D eigenvalue weighted by Crippen LogP contribution is -2.45. The summed E-state index contributed by atoms with van der Waals surface area (Å²) in [5.74, 6) is 2.32. The van der Waals surface area contributed by atoms with E-state index in [4.69, 9.17) is 4.42 Å². The minimum Gasteiger partial charge on any atom is -0.421 e. The van der Waals surface area contributed by atoms with Crippen molar-refractivity contribution in [2.24, 2.45) is 17.8 Å². The molecule has 2 heterocycles. The van der Waals surface area contributed by atoms with Crippen molar-refractivity contribution in [3.63, 3.8) is 0 Å². The third-order valence-corrected chi connectivity index (χ3v) is 6.11. The summed E-state index contributed by atoms with van der Waals surface area (Å²) in [5.41, 5.74) is 0.913. The third kappa shape index (κ3) is 2.98. The lowest BCUT2D eigenvalue weighted by Gasteiger charge is -2.30. The number of fused-ring (bicyclic) bond motifs is 2. The minimum atomic E-state index is 0.00119. The molecule has 24 heavy (non-hydrogen) atoms. The summed E-state index contributed by atoms with van der Waals surface area (Å²) in [4.78, 5) is 12.3. The van der Waals surface area contributed by atoms with Crippen molar-refractivity contribution < 1.29 is 14.3 Å². The maximum atomic E-state index is 12.3. The van der Waals surface area contributed by atoms with Gasteiger partial charge in [0.15, 0.2) is 0 Å². The van der Waals surface area contributed by atoms with Crippen molar-refractivity contribution in [1.82, 2.24) is 15.5 Å². The molecule has 4 rings (SSSR count). The number of nitrogens with zero attached hydrogens (tertiary/aromatic N) is 2. The fourth-order valence-corrected chi connectivity index (χ4v) is 4.86. The van der Waals surface area contributed by atoms with E-state index >= 15 is 0 Å². The second kappa shape index (κ2) is 6.64. The summed E-state index contributed by atoms with van der Waals surface area (Å²) in [6.07, 6.45) is 4.27. The maximum Gasteiger partial charge on any atom is 0.248 e. The van der Waals surface area contributed by atoms with Gasteiger partial charge >= 0.3 is 0 Å². The number of aromatic nitrogens is 2. The van der Waals surface area contributed by atoms with Gasteiger partial charge in [0.2, 0.25) is 17.7 Å². The number of aliphatic hydroxyl groups is 1. The Labute approximate surface area is 144 Å². The Morgan fingerprint density at radius 2 is 2.25 bits per heavy atom. The SMILES string of the molecule is O=C(CCc1nnc(-c2ccsc2)o1)NC1C2CCC(C2)C1CO. The number of carbonyl (C=O) groups is 1. The van der Waals surface area contributed by atoms with Gasteiger partial charge in [-0.15, -0.1) is 10.2 Å². The van der Waals surface area contributed by atoms with Gasteiger partial charge in [0.05, 0.1) is 0 Å². The van der Waals surface area contributed by atoms with Crippen LogP contribution in [0.2, 0.25) is 0 Å².